The van der Waals surface area contributed by atoms with Gasteiger partial charge in [0.1, 0.15) is 6.04 Å². The summed E-state index contributed by atoms with van der Waals surface area (Å²) in [5, 5.41) is 0. The van der Waals surface area contributed by atoms with E-state index in [9.17, 15) is 9.59 Å². The Labute approximate surface area is 115 Å². The maximum Gasteiger partial charge on any atom is 0.245 e. The molecule has 1 fully saturated rings. The zero-order valence-electron chi connectivity index (χ0n) is 11.2. The molecule has 2 N–H and O–H groups in total. The van der Waals surface area contributed by atoms with Crippen LogP contribution in [0.3, 0.4) is 0 Å². The van der Waals surface area contributed by atoms with Gasteiger partial charge < -0.3 is 15.5 Å². The number of likely N-dealkylation sites (tertiary alicyclic amines) is 1. The summed E-state index contributed by atoms with van der Waals surface area (Å²) in [6.45, 7) is 6.36. The van der Waals surface area contributed by atoms with Gasteiger partial charge >= 0.3 is 0 Å². The molecule has 18 heavy (non-hydrogen) atoms. The molecular formula is C12H24ClN3O2. The van der Waals surface area contributed by atoms with Crippen LogP contribution in [0.2, 0.25) is 0 Å². The van der Waals surface area contributed by atoms with Gasteiger partial charge in [-0.25, -0.2) is 0 Å². The third kappa shape index (κ3) is 3.85. The predicted octanol–water partition coefficient (Wildman–Crippen LogP) is 0.616. The molecule has 0 aromatic carbocycles. The lowest BCUT2D eigenvalue weighted by molar-refractivity contribution is -0.143. The fourth-order valence-corrected chi connectivity index (χ4v) is 2.34. The van der Waals surface area contributed by atoms with E-state index in [1.807, 2.05) is 13.8 Å². The summed E-state index contributed by atoms with van der Waals surface area (Å²) in [4.78, 5) is 27.6. The Kier molecular flexibility index (Phi) is 7.95. The molecule has 0 bridgehead atoms. The van der Waals surface area contributed by atoms with E-state index in [0.717, 1.165) is 12.8 Å². The molecule has 0 aromatic heterocycles. The first-order valence-corrected chi connectivity index (χ1v) is 6.44. The molecule has 0 radical (unpaired) electrons. The van der Waals surface area contributed by atoms with Crippen LogP contribution >= 0.6 is 12.4 Å². The maximum atomic E-state index is 12.2. The molecular weight excluding hydrogens is 254 g/mol. The van der Waals surface area contributed by atoms with E-state index >= 15 is 0 Å². The fraction of sp³-hybridized carbons (Fsp3) is 0.833. The third-order valence-electron chi connectivity index (χ3n) is 3.29. The number of carbonyl (C=O) groups is 2. The smallest absolute Gasteiger partial charge is 0.245 e. The minimum atomic E-state index is -0.256. The van der Waals surface area contributed by atoms with Crippen molar-refractivity contribution in [3.63, 3.8) is 0 Å². The van der Waals surface area contributed by atoms with E-state index in [1.165, 1.54) is 0 Å². The third-order valence-corrected chi connectivity index (χ3v) is 3.29. The van der Waals surface area contributed by atoms with E-state index in [1.54, 1.807) is 9.80 Å². The first-order chi connectivity index (χ1) is 8.15. The number of carbonyl (C=O) groups excluding carboxylic acids is 2. The number of hydrogen-bond acceptors (Lipinski definition) is 3. The van der Waals surface area contributed by atoms with Crippen molar-refractivity contribution in [3.05, 3.63) is 0 Å². The van der Waals surface area contributed by atoms with E-state index in [-0.39, 0.29) is 30.3 Å². The topological polar surface area (TPSA) is 66.6 Å². The van der Waals surface area contributed by atoms with Crippen LogP contribution < -0.4 is 5.73 Å². The van der Waals surface area contributed by atoms with Gasteiger partial charge in [-0.15, -0.1) is 12.4 Å². The molecule has 0 spiro atoms. The molecule has 1 saturated heterocycles. The van der Waals surface area contributed by atoms with Crippen LogP contribution in [0.25, 0.3) is 0 Å². The van der Waals surface area contributed by atoms with E-state index in [0.29, 0.717) is 32.6 Å². The number of amides is 2. The van der Waals surface area contributed by atoms with Crippen molar-refractivity contribution in [1.29, 1.82) is 0 Å². The van der Waals surface area contributed by atoms with Crippen LogP contribution in [-0.4, -0.2) is 53.8 Å². The lowest BCUT2D eigenvalue weighted by Crippen LogP contribution is -2.48. The summed E-state index contributed by atoms with van der Waals surface area (Å²) < 4.78 is 0. The highest BCUT2D eigenvalue weighted by atomic mass is 35.5. The Morgan fingerprint density at radius 2 is 1.94 bits per heavy atom. The zero-order valence-corrected chi connectivity index (χ0v) is 12.0. The van der Waals surface area contributed by atoms with Gasteiger partial charge in [0.15, 0.2) is 0 Å². The maximum absolute atomic E-state index is 12.2. The molecule has 5 nitrogen and oxygen atoms in total. The quantitative estimate of drug-likeness (QED) is 0.801. The molecule has 1 aliphatic heterocycles. The Bertz CT molecular complexity index is 282. The molecule has 1 heterocycles. The van der Waals surface area contributed by atoms with Crippen LogP contribution in [0.4, 0.5) is 0 Å². The molecule has 0 aliphatic carbocycles. The summed E-state index contributed by atoms with van der Waals surface area (Å²) in [5.74, 6) is 0.0911. The Morgan fingerprint density at radius 3 is 2.44 bits per heavy atom. The SMILES string of the molecule is CCN(CC)C(=O)C1CCCN1C(=O)CCN.Cl. The van der Waals surface area contributed by atoms with Gasteiger partial charge in [0.2, 0.25) is 11.8 Å². The highest BCUT2D eigenvalue weighted by Crippen LogP contribution is 2.20. The van der Waals surface area contributed by atoms with Crippen molar-refractivity contribution in [2.24, 2.45) is 5.73 Å². The lowest BCUT2D eigenvalue weighted by atomic mass is 10.2. The normalized spacial score (nSPS) is 18.4. The second-order valence-electron chi connectivity index (χ2n) is 4.29. The van der Waals surface area contributed by atoms with Gasteiger partial charge in [-0.05, 0) is 26.7 Å². The molecule has 2 amide bonds. The minimum absolute atomic E-state index is 0. The number of rotatable bonds is 5. The van der Waals surface area contributed by atoms with Gasteiger partial charge in [-0.2, -0.15) is 0 Å². The molecule has 1 rings (SSSR count). The first-order valence-electron chi connectivity index (χ1n) is 6.44. The molecule has 1 atom stereocenters. The minimum Gasteiger partial charge on any atom is -0.341 e. The van der Waals surface area contributed by atoms with E-state index in [2.05, 4.69) is 0 Å². The van der Waals surface area contributed by atoms with Crippen molar-refractivity contribution >= 4 is 24.2 Å². The zero-order chi connectivity index (χ0) is 12.8. The summed E-state index contributed by atoms with van der Waals surface area (Å²) in [7, 11) is 0. The van der Waals surface area contributed by atoms with Crippen molar-refractivity contribution < 1.29 is 9.59 Å². The van der Waals surface area contributed by atoms with Crippen LogP contribution in [0.15, 0.2) is 0 Å². The largest absolute Gasteiger partial charge is 0.341 e. The van der Waals surface area contributed by atoms with Crippen LogP contribution in [0.5, 0.6) is 0 Å². The summed E-state index contributed by atoms with van der Waals surface area (Å²) >= 11 is 0. The molecule has 0 aromatic rings. The second kappa shape index (κ2) is 8.32. The van der Waals surface area contributed by atoms with E-state index < -0.39 is 0 Å². The predicted molar refractivity (Wildman–Crippen MR) is 73.6 cm³/mol. The highest BCUT2D eigenvalue weighted by Gasteiger charge is 2.35. The van der Waals surface area contributed by atoms with E-state index in [4.69, 9.17) is 5.73 Å². The van der Waals surface area contributed by atoms with Crippen LogP contribution in [0, 0.1) is 0 Å². The summed E-state index contributed by atoms with van der Waals surface area (Å²) in [6, 6.07) is -0.256. The van der Waals surface area contributed by atoms with Gasteiger partial charge in [-0.1, -0.05) is 0 Å². The Balaban J connectivity index is 0.00000289. The second-order valence-corrected chi connectivity index (χ2v) is 4.29. The standard InChI is InChI=1S/C12H23N3O2.ClH/c1-3-14(4-2)12(17)10-6-5-9-15(10)11(16)7-8-13;/h10H,3-9,13H2,1-2H3;1H. The average Bonchev–Trinajstić information content (AvgIpc) is 2.79. The fourth-order valence-electron chi connectivity index (χ4n) is 2.34. The summed E-state index contributed by atoms with van der Waals surface area (Å²) in [6.07, 6.45) is 2.03. The Morgan fingerprint density at radius 1 is 1.33 bits per heavy atom. The van der Waals surface area contributed by atoms with Crippen molar-refractivity contribution in [2.75, 3.05) is 26.2 Å². The molecule has 1 aliphatic rings. The average molecular weight is 278 g/mol. The number of halogens is 1. The number of nitrogens with two attached hydrogens (primary N) is 1. The first kappa shape index (κ1) is 17.2. The Hall–Kier alpha value is -0.810. The summed E-state index contributed by atoms with van der Waals surface area (Å²) in [5.41, 5.74) is 5.39. The van der Waals surface area contributed by atoms with Crippen molar-refractivity contribution in [2.45, 2.75) is 39.2 Å². The highest BCUT2D eigenvalue weighted by molar-refractivity contribution is 5.88. The number of likely N-dealkylation sites (N-methyl/N-ethyl adjacent to an activating group) is 1. The van der Waals surface area contributed by atoms with Crippen molar-refractivity contribution in [1.82, 2.24) is 9.80 Å². The van der Waals surface area contributed by atoms with Gasteiger partial charge in [0.25, 0.3) is 0 Å². The van der Waals surface area contributed by atoms with Crippen LogP contribution in [-0.2, 0) is 9.59 Å². The van der Waals surface area contributed by atoms with Gasteiger partial charge in [0, 0.05) is 32.6 Å². The monoisotopic (exact) mass is 277 g/mol. The van der Waals surface area contributed by atoms with Crippen molar-refractivity contribution in [3.8, 4) is 0 Å². The van der Waals surface area contributed by atoms with Crippen LogP contribution in [0.1, 0.15) is 33.1 Å². The molecule has 1 unspecified atom stereocenters. The van der Waals surface area contributed by atoms with Gasteiger partial charge in [-0.3, -0.25) is 9.59 Å². The van der Waals surface area contributed by atoms with Gasteiger partial charge in [0.05, 0.1) is 0 Å². The molecule has 6 heteroatoms. The molecule has 106 valence electrons. The lowest BCUT2D eigenvalue weighted by Gasteiger charge is -2.29. The number of hydrogen-bond donors (Lipinski definition) is 1. The number of nitrogens with zero attached hydrogens (tertiary/aromatic N) is 2. The molecule has 0 saturated carbocycles.